The van der Waals surface area contributed by atoms with Gasteiger partial charge in [0, 0.05) is 11.8 Å². The van der Waals surface area contributed by atoms with E-state index >= 15 is 0 Å². The van der Waals surface area contributed by atoms with Crippen molar-refractivity contribution in [2.45, 2.75) is 5.60 Å². The van der Waals surface area contributed by atoms with Gasteiger partial charge in [0.15, 0.2) is 0 Å². The topological polar surface area (TPSA) is 20.2 Å². The van der Waals surface area contributed by atoms with E-state index in [4.69, 9.17) is 0 Å². The van der Waals surface area contributed by atoms with Crippen molar-refractivity contribution in [2.24, 2.45) is 0 Å². The highest BCUT2D eigenvalue weighted by atomic mass is 19.1. The van der Waals surface area contributed by atoms with Crippen molar-refractivity contribution in [2.75, 3.05) is 0 Å². The third kappa shape index (κ3) is 2.31. The molecule has 0 saturated heterocycles. The molecule has 94 valence electrons. The fraction of sp³-hybridized carbons (Fsp3) is 0.0588. The zero-order chi connectivity index (χ0) is 13.3. The summed E-state index contributed by atoms with van der Waals surface area (Å²) >= 11 is 0. The zero-order valence-corrected chi connectivity index (χ0v) is 10.3. The van der Waals surface area contributed by atoms with Gasteiger partial charge in [0.25, 0.3) is 0 Å². The molecular weight excluding hydrogens is 239 g/mol. The predicted octanol–water partition coefficient (Wildman–Crippen LogP) is 2.82. The van der Waals surface area contributed by atoms with Gasteiger partial charge in [-0.15, -0.1) is 0 Å². The van der Waals surface area contributed by atoms with Gasteiger partial charge in [-0.3, -0.25) is 0 Å². The molecule has 0 amide bonds. The summed E-state index contributed by atoms with van der Waals surface area (Å²) in [7, 11) is 0. The molecule has 0 bridgehead atoms. The average molecular weight is 252 g/mol. The fourth-order valence-corrected chi connectivity index (χ4v) is 2.42. The Bertz CT molecular complexity index is 397. The van der Waals surface area contributed by atoms with Gasteiger partial charge < -0.3 is 5.11 Å². The molecule has 19 heavy (non-hydrogen) atoms. The molecule has 0 spiro atoms. The smallest absolute Gasteiger partial charge is 0.123 e. The Kier molecular flexibility index (Phi) is 3.62. The van der Waals surface area contributed by atoms with Gasteiger partial charge in [0.2, 0.25) is 0 Å². The Morgan fingerprint density at radius 3 is 1.58 bits per heavy atom. The minimum absolute atomic E-state index is 0.309. The van der Waals surface area contributed by atoms with E-state index in [1.807, 2.05) is 51.4 Å². The molecule has 1 aromatic carbocycles. The van der Waals surface area contributed by atoms with Crippen LogP contribution in [0.1, 0.15) is 5.56 Å². The molecule has 1 N–H and O–H groups in total. The van der Waals surface area contributed by atoms with E-state index in [0.29, 0.717) is 5.56 Å². The summed E-state index contributed by atoms with van der Waals surface area (Å²) in [6.45, 7) is 0. The van der Waals surface area contributed by atoms with Crippen molar-refractivity contribution in [3.05, 3.63) is 98.8 Å². The normalized spacial score (nSPS) is 22.2. The van der Waals surface area contributed by atoms with Crippen LogP contribution in [0, 0.1) is 69.0 Å². The first-order valence-electron chi connectivity index (χ1n) is 6.14. The second kappa shape index (κ2) is 5.24. The highest BCUT2D eigenvalue weighted by molar-refractivity contribution is 5.56. The quantitative estimate of drug-likeness (QED) is 0.877. The van der Waals surface area contributed by atoms with Crippen molar-refractivity contribution >= 4 is 0 Å². The highest BCUT2D eigenvalue weighted by Gasteiger charge is 2.48. The van der Waals surface area contributed by atoms with Gasteiger partial charge in [-0.1, -0.05) is 12.1 Å². The van der Waals surface area contributed by atoms with Crippen LogP contribution in [0.2, 0.25) is 0 Å². The molecule has 2 fully saturated rings. The third-order valence-electron chi connectivity index (χ3n) is 3.42. The minimum Gasteiger partial charge on any atom is -0.384 e. The van der Waals surface area contributed by atoms with Crippen LogP contribution < -0.4 is 0 Å². The van der Waals surface area contributed by atoms with Gasteiger partial charge >= 0.3 is 0 Å². The minimum atomic E-state index is -1.24. The van der Waals surface area contributed by atoms with Gasteiger partial charge in [-0.2, -0.15) is 0 Å². The maximum atomic E-state index is 13.1. The van der Waals surface area contributed by atoms with E-state index in [1.165, 1.54) is 12.1 Å². The summed E-state index contributed by atoms with van der Waals surface area (Å²) in [4.78, 5) is 0. The lowest BCUT2D eigenvalue weighted by molar-refractivity contribution is 0.0839. The molecule has 0 heterocycles. The summed E-state index contributed by atoms with van der Waals surface area (Å²) < 4.78 is 13.1. The van der Waals surface area contributed by atoms with Crippen molar-refractivity contribution in [1.29, 1.82) is 0 Å². The summed E-state index contributed by atoms with van der Waals surface area (Å²) in [6.07, 6.45) is 15.0. The fourth-order valence-electron chi connectivity index (χ4n) is 2.42. The predicted molar refractivity (Wildman–Crippen MR) is 71.2 cm³/mol. The zero-order valence-electron chi connectivity index (χ0n) is 10.3. The van der Waals surface area contributed by atoms with Gasteiger partial charge in [-0.25, -0.2) is 4.39 Å². The summed E-state index contributed by atoms with van der Waals surface area (Å²) in [5.74, 6) is 1.26. The number of hydrogen-bond donors (Lipinski definition) is 1. The monoisotopic (exact) mass is 252 g/mol. The molecule has 2 heteroatoms. The standard InChI is InChI=1S/C17H13FO/c18-16-11-9-15(10-12-16)17(19,13-5-1-2-6-13)14-7-3-4-8-14/h1-12,19H. The first-order chi connectivity index (χ1) is 9.21. The molecule has 0 atom stereocenters. The van der Waals surface area contributed by atoms with Crippen molar-refractivity contribution in [1.82, 2.24) is 0 Å². The Morgan fingerprint density at radius 1 is 0.737 bits per heavy atom. The van der Waals surface area contributed by atoms with Gasteiger partial charge in [0.1, 0.15) is 11.4 Å². The molecule has 0 aromatic heterocycles. The van der Waals surface area contributed by atoms with Crippen LogP contribution in [-0.4, -0.2) is 5.11 Å². The Morgan fingerprint density at radius 2 is 1.16 bits per heavy atom. The first-order valence-corrected chi connectivity index (χ1v) is 6.14. The number of benzene rings is 1. The van der Waals surface area contributed by atoms with Crippen LogP contribution in [0.15, 0.2) is 24.3 Å². The molecule has 2 aliphatic rings. The second-order valence-electron chi connectivity index (χ2n) is 4.56. The summed E-state index contributed by atoms with van der Waals surface area (Å²) in [6, 6.07) is 5.98. The maximum absolute atomic E-state index is 13.1. The lowest BCUT2D eigenvalue weighted by atomic mass is 9.71. The molecule has 0 unspecified atom stereocenters. The van der Waals surface area contributed by atoms with Crippen LogP contribution >= 0.6 is 0 Å². The molecule has 1 nitrogen and oxygen atoms in total. The highest BCUT2D eigenvalue weighted by Crippen LogP contribution is 2.50. The van der Waals surface area contributed by atoms with Crippen LogP contribution in [0.4, 0.5) is 4.39 Å². The van der Waals surface area contributed by atoms with Crippen LogP contribution in [0.3, 0.4) is 0 Å². The Labute approximate surface area is 114 Å². The van der Waals surface area contributed by atoms with Crippen LogP contribution in [0.5, 0.6) is 0 Å². The molecule has 0 aliphatic heterocycles. The summed E-state index contributed by atoms with van der Waals surface area (Å²) in [5, 5.41) is 11.2. The van der Waals surface area contributed by atoms with Crippen molar-refractivity contribution in [3.63, 3.8) is 0 Å². The first kappa shape index (κ1) is 13.1. The molecule has 3 rings (SSSR count). The Balaban J connectivity index is 1.96. The van der Waals surface area contributed by atoms with E-state index in [0.717, 1.165) is 11.8 Å². The lowest BCUT2D eigenvalue weighted by Gasteiger charge is -2.38. The van der Waals surface area contributed by atoms with E-state index in [1.54, 1.807) is 12.1 Å². The SMILES string of the molecule is OC([C]1[CH][CH][CH][CH]1)([C]1[CH][CH][CH][CH]1)c1ccc(F)cc1. The van der Waals surface area contributed by atoms with E-state index in [9.17, 15) is 9.50 Å². The third-order valence-corrected chi connectivity index (χ3v) is 3.42. The number of aliphatic hydroxyl groups is 1. The maximum Gasteiger partial charge on any atom is 0.123 e. The van der Waals surface area contributed by atoms with Crippen LogP contribution in [0.25, 0.3) is 0 Å². The molecule has 10 radical (unpaired) electrons. The lowest BCUT2D eigenvalue weighted by Crippen LogP contribution is -2.38. The van der Waals surface area contributed by atoms with E-state index < -0.39 is 5.60 Å². The largest absolute Gasteiger partial charge is 0.384 e. The molecule has 2 aliphatic carbocycles. The van der Waals surface area contributed by atoms with Gasteiger partial charge in [-0.05, 0) is 69.1 Å². The molecular formula is C17H13FO. The van der Waals surface area contributed by atoms with E-state index in [-0.39, 0.29) is 5.82 Å². The molecule has 1 aromatic rings. The molecule has 2 saturated carbocycles. The van der Waals surface area contributed by atoms with Gasteiger partial charge in [0.05, 0.1) is 0 Å². The van der Waals surface area contributed by atoms with Crippen molar-refractivity contribution in [3.8, 4) is 0 Å². The number of halogens is 1. The van der Waals surface area contributed by atoms with Crippen LogP contribution in [-0.2, 0) is 5.60 Å². The van der Waals surface area contributed by atoms with Crippen molar-refractivity contribution < 1.29 is 9.50 Å². The second-order valence-corrected chi connectivity index (χ2v) is 4.56. The summed E-state index contributed by atoms with van der Waals surface area (Å²) in [5.41, 5.74) is -0.577. The number of rotatable bonds is 3. The average Bonchev–Trinajstić information content (AvgIpc) is 3.12. The number of hydrogen-bond acceptors (Lipinski definition) is 1. The van der Waals surface area contributed by atoms with E-state index in [2.05, 4.69) is 0 Å². The Hall–Kier alpha value is -0.890.